The van der Waals surface area contributed by atoms with E-state index in [4.69, 9.17) is 4.99 Å². The number of hydrogen-bond acceptors (Lipinski definition) is 2. The van der Waals surface area contributed by atoms with Gasteiger partial charge in [0.05, 0.1) is 12.1 Å². The molecular formula is C19H16N2. The maximum atomic E-state index is 4.94. The van der Waals surface area contributed by atoms with E-state index in [0.29, 0.717) is 0 Å². The summed E-state index contributed by atoms with van der Waals surface area (Å²) in [6, 6.07) is 21.4. The molecule has 0 fully saturated rings. The standard InChI is InChI=1S/C19H16N2/c1-3-9-15(10-4-1)19-20-17-13-7-8-14-18(17)21(19)16-11-5-2-6-12-16/h1-14,17-18H. The van der Waals surface area contributed by atoms with E-state index >= 15 is 0 Å². The first-order valence-electron chi connectivity index (χ1n) is 7.26. The third kappa shape index (κ3) is 2.09. The van der Waals surface area contributed by atoms with Crippen molar-refractivity contribution in [3.63, 3.8) is 0 Å². The lowest BCUT2D eigenvalue weighted by Crippen LogP contribution is -2.39. The minimum atomic E-state index is 0.199. The number of fused-ring (bicyclic) bond motifs is 1. The van der Waals surface area contributed by atoms with Crippen LogP contribution in [0.3, 0.4) is 0 Å². The zero-order valence-electron chi connectivity index (χ0n) is 11.6. The summed E-state index contributed by atoms with van der Waals surface area (Å²) in [5.41, 5.74) is 2.35. The van der Waals surface area contributed by atoms with Gasteiger partial charge in [-0.2, -0.15) is 0 Å². The van der Waals surface area contributed by atoms with Crippen LogP contribution in [0.25, 0.3) is 0 Å². The molecule has 4 rings (SSSR count). The van der Waals surface area contributed by atoms with E-state index in [9.17, 15) is 0 Å². The summed E-state index contributed by atoms with van der Waals surface area (Å²) in [6.07, 6.45) is 8.61. The van der Waals surface area contributed by atoms with Gasteiger partial charge in [-0.1, -0.05) is 72.8 Å². The normalized spacial score (nSPS) is 23.0. The number of anilines is 1. The van der Waals surface area contributed by atoms with Gasteiger partial charge in [0.25, 0.3) is 0 Å². The summed E-state index contributed by atoms with van der Waals surface area (Å²) >= 11 is 0. The van der Waals surface area contributed by atoms with Crippen LogP contribution in [0, 0.1) is 0 Å². The molecule has 1 heterocycles. The Bertz CT molecular complexity index is 714. The SMILES string of the molecule is C1=CC2N=C(c3ccccc3)N(c3ccccc3)C2C=C1. The fourth-order valence-corrected chi connectivity index (χ4v) is 2.97. The molecule has 0 saturated heterocycles. The molecule has 0 saturated carbocycles. The molecule has 1 aliphatic carbocycles. The Morgan fingerprint density at radius 3 is 2.19 bits per heavy atom. The van der Waals surface area contributed by atoms with Crippen LogP contribution in [0.15, 0.2) is 90.0 Å². The Morgan fingerprint density at radius 2 is 1.43 bits per heavy atom. The monoisotopic (exact) mass is 272 g/mol. The number of amidine groups is 1. The Balaban J connectivity index is 1.83. The molecule has 0 bridgehead atoms. The van der Waals surface area contributed by atoms with Crippen molar-refractivity contribution in [2.75, 3.05) is 4.90 Å². The summed E-state index contributed by atoms with van der Waals surface area (Å²) < 4.78 is 0. The van der Waals surface area contributed by atoms with Crippen LogP contribution in [0.4, 0.5) is 5.69 Å². The number of benzene rings is 2. The van der Waals surface area contributed by atoms with Gasteiger partial charge in [-0.25, -0.2) is 0 Å². The highest BCUT2D eigenvalue weighted by molar-refractivity contribution is 6.12. The number of allylic oxidation sites excluding steroid dienone is 2. The fraction of sp³-hybridized carbons (Fsp3) is 0.105. The molecule has 0 aromatic heterocycles. The van der Waals surface area contributed by atoms with Gasteiger partial charge >= 0.3 is 0 Å². The second-order valence-corrected chi connectivity index (χ2v) is 5.28. The van der Waals surface area contributed by atoms with Crippen molar-refractivity contribution in [2.45, 2.75) is 12.1 Å². The van der Waals surface area contributed by atoms with Crippen molar-refractivity contribution < 1.29 is 0 Å². The molecule has 2 aromatic carbocycles. The molecule has 0 amide bonds. The maximum Gasteiger partial charge on any atom is 0.136 e. The highest BCUT2D eigenvalue weighted by Gasteiger charge is 2.35. The number of rotatable bonds is 2. The van der Waals surface area contributed by atoms with Gasteiger partial charge in [-0.3, -0.25) is 4.99 Å². The number of aliphatic imine (C=N–C) groups is 1. The topological polar surface area (TPSA) is 15.6 Å². The summed E-state index contributed by atoms with van der Waals surface area (Å²) in [6.45, 7) is 0. The van der Waals surface area contributed by atoms with Crippen molar-refractivity contribution in [3.05, 3.63) is 90.5 Å². The molecule has 2 aliphatic rings. The molecule has 2 nitrogen and oxygen atoms in total. The summed E-state index contributed by atoms with van der Waals surface area (Å²) in [4.78, 5) is 7.28. The van der Waals surface area contributed by atoms with Gasteiger partial charge in [0.1, 0.15) is 5.84 Å². The highest BCUT2D eigenvalue weighted by atomic mass is 15.3. The fourth-order valence-electron chi connectivity index (χ4n) is 2.97. The van der Waals surface area contributed by atoms with E-state index < -0.39 is 0 Å². The quantitative estimate of drug-likeness (QED) is 0.811. The molecule has 2 aromatic rings. The summed E-state index contributed by atoms with van der Waals surface area (Å²) in [5, 5.41) is 0. The molecule has 1 aliphatic heterocycles. The average molecular weight is 272 g/mol. The van der Waals surface area contributed by atoms with E-state index in [2.05, 4.69) is 77.7 Å². The molecule has 0 radical (unpaired) electrons. The third-order valence-electron chi connectivity index (χ3n) is 3.94. The molecule has 2 unspecified atom stereocenters. The van der Waals surface area contributed by atoms with Crippen molar-refractivity contribution in [3.8, 4) is 0 Å². The molecule has 21 heavy (non-hydrogen) atoms. The molecular weight excluding hydrogens is 256 g/mol. The van der Waals surface area contributed by atoms with Crippen LogP contribution in [0.2, 0.25) is 0 Å². The Kier molecular flexibility index (Phi) is 2.93. The summed E-state index contributed by atoms with van der Waals surface area (Å²) in [7, 11) is 0. The molecule has 2 atom stereocenters. The zero-order valence-corrected chi connectivity index (χ0v) is 11.6. The predicted molar refractivity (Wildman–Crippen MR) is 87.8 cm³/mol. The highest BCUT2D eigenvalue weighted by Crippen LogP contribution is 2.31. The Morgan fingerprint density at radius 1 is 0.762 bits per heavy atom. The first kappa shape index (κ1) is 12.2. The zero-order chi connectivity index (χ0) is 14.1. The van der Waals surface area contributed by atoms with Crippen molar-refractivity contribution in [2.24, 2.45) is 4.99 Å². The van der Waals surface area contributed by atoms with E-state index in [1.54, 1.807) is 0 Å². The van der Waals surface area contributed by atoms with E-state index in [1.807, 2.05) is 12.1 Å². The molecule has 102 valence electrons. The Labute approximate surface area is 124 Å². The largest absolute Gasteiger partial charge is 0.317 e. The van der Waals surface area contributed by atoms with E-state index in [-0.39, 0.29) is 12.1 Å². The molecule has 2 heteroatoms. The minimum Gasteiger partial charge on any atom is -0.317 e. The number of hydrogen-bond donors (Lipinski definition) is 0. The first-order chi connectivity index (χ1) is 10.4. The lowest BCUT2D eigenvalue weighted by Gasteiger charge is -2.28. The van der Waals surface area contributed by atoms with Crippen LogP contribution in [-0.4, -0.2) is 17.9 Å². The van der Waals surface area contributed by atoms with Gasteiger partial charge < -0.3 is 4.90 Å². The van der Waals surface area contributed by atoms with E-state index in [0.717, 1.165) is 11.4 Å². The van der Waals surface area contributed by atoms with Crippen LogP contribution in [0.1, 0.15) is 5.56 Å². The lowest BCUT2D eigenvalue weighted by atomic mass is 10.0. The minimum absolute atomic E-state index is 0.199. The van der Waals surface area contributed by atoms with Crippen molar-refractivity contribution in [1.82, 2.24) is 0 Å². The second-order valence-electron chi connectivity index (χ2n) is 5.28. The average Bonchev–Trinajstić information content (AvgIpc) is 2.96. The van der Waals surface area contributed by atoms with Gasteiger partial charge in [-0.05, 0) is 12.1 Å². The Hall–Kier alpha value is -2.61. The molecule has 0 spiro atoms. The first-order valence-corrected chi connectivity index (χ1v) is 7.26. The summed E-state index contributed by atoms with van der Waals surface area (Å²) in [5.74, 6) is 1.05. The lowest BCUT2D eigenvalue weighted by molar-refractivity contribution is 0.739. The van der Waals surface area contributed by atoms with Crippen LogP contribution < -0.4 is 4.90 Å². The number of para-hydroxylation sites is 1. The maximum absolute atomic E-state index is 4.94. The van der Waals surface area contributed by atoms with Gasteiger partial charge in [-0.15, -0.1) is 0 Å². The van der Waals surface area contributed by atoms with Crippen molar-refractivity contribution >= 4 is 11.5 Å². The van der Waals surface area contributed by atoms with Gasteiger partial charge in [0.2, 0.25) is 0 Å². The van der Waals surface area contributed by atoms with Crippen LogP contribution in [0.5, 0.6) is 0 Å². The van der Waals surface area contributed by atoms with Gasteiger partial charge in [0, 0.05) is 11.3 Å². The number of nitrogens with zero attached hydrogens (tertiary/aromatic N) is 2. The second kappa shape index (κ2) is 5.06. The van der Waals surface area contributed by atoms with Gasteiger partial charge in [0.15, 0.2) is 0 Å². The molecule has 0 N–H and O–H groups in total. The van der Waals surface area contributed by atoms with Crippen molar-refractivity contribution in [1.29, 1.82) is 0 Å². The van der Waals surface area contributed by atoms with Crippen LogP contribution >= 0.6 is 0 Å². The third-order valence-corrected chi connectivity index (χ3v) is 3.94. The predicted octanol–water partition coefficient (Wildman–Crippen LogP) is 3.82. The van der Waals surface area contributed by atoms with Crippen LogP contribution in [-0.2, 0) is 0 Å². The smallest absolute Gasteiger partial charge is 0.136 e. The van der Waals surface area contributed by atoms with E-state index in [1.165, 1.54) is 5.69 Å².